The largest absolute Gasteiger partial charge is 0.405 e. The van der Waals surface area contributed by atoms with Gasteiger partial charge >= 0.3 is 7.75 Å². The molecule has 1 atom stereocenters. The molecule has 5 heteroatoms. The molecule has 13 heavy (non-hydrogen) atoms. The lowest BCUT2D eigenvalue weighted by Crippen LogP contribution is -2.34. The number of hydrogen-bond donors (Lipinski definition) is 1. The Morgan fingerprint density at radius 2 is 1.92 bits per heavy atom. The van der Waals surface area contributed by atoms with Gasteiger partial charge in [0.25, 0.3) is 0 Å². The van der Waals surface area contributed by atoms with Crippen LogP contribution in [0.3, 0.4) is 0 Å². The first-order chi connectivity index (χ1) is 5.83. The molecule has 1 N–H and O–H groups in total. The maximum atomic E-state index is 11.8. The van der Waals surface area contributed by atoms with Crippen molar-refractivity contribution in [2.75, 3.05) is 13.7 Å². The molecule has 0 aliphatic carbocycles. The van der Waals surface area contributed by atoms with Gasteiger partial charge in [-0.15, -0.1) is 0 Å². The van der Waals surface area contributed by atoms with E-state index in [-0.39, 0.29) is 5.54 Å². The average Bonchev–Trinajstić information content (AvgIpc) is 1.98. The summed E-state index contributed by atoms with van der Waals surface area (Å²) in [4.78, 5) is 0. The van der Waals surface area contributed by atoms with Gasteiger partial charge in [-0.05, 0) is 27.2 Å². The molecule has 0 heterocycles. The van der Waals surface area contributed by atoms with Crippen molar-refractivity contribution in [2.24, 2.45) is 0 Å². The van der Waals surface area contributed by atoms with Gasteiger partial charge in [0.2, 0.25) is 0 Å². The van der Waals surface area contributed by atoms with E-state index in [0.29, 0.717) is 6.61 Å². The van der Waals surface area contributed by atoms with Crippen LogP contribution in [0.1, 0.15) is 34.1 Å². The molecule has 0 aromatic rings. The lowest BCUT2D eigenvalue weighted by atomic mass is 10.1. The third kappa shape index (κ3) is 6.22. The fourth-order valence-electron chi connectivity index (χ4n) is 0.753. The average molecular weight is 209 g/mol. The molecule has 0 saturated carbocycles. The van der Waals surface area contributed by atoms with Gasteiger partial charge in [-0.1, -0.05) is 6.92 Å². The predicted octanol–water partition coefficient (Wildman–Crippen LogP) is 2.56. The molecule has 0 bridgehead atoms. The van der Waals surface area contributed by atoms with Gasteiger partial charge in [0, 0.05) is 12.6 Å². The summed E-state index contributed by atoms with van der Waals surface area (Å²) in [5.41, 5.74) is -0.278. The van der Waals surface area contributed by atoms with Crippen molar-refractivity contribution in [2.45, 2.75) is 39.7 Å². The quantitative estimate of drug-likeness (QED) is 0.707. The molecule has 0 radical (unpaired) electrons. The smallest absolute Gasteiger partial charge is 0.300 e. The van der Waals surface area contributed by atoms with E-state index < -0.39 is 7.75 Å². The van der Waals surface area contributed by atoms with E-state index in [1.807, 2.05) is 27.7 Å². The van der Waals surface area contributed by atoms with E-state index in [1.165, 1.54) is 7.11 Å². The molecule has 0 aromatic carbocycles. The summed E-state index contributed by atoms with van der Waals surface area (Å²) in [6.45, 7) is 8.13. The second-order valence-electron chi connectivity index (χ2n) is 3.88. The molecule has 0 rings (SSSR count). The lowest BCUT2D eigenvalue weighted by Gasteiger charge is -2.26. The zero-order chi connectivity index (χ0) is 10.5. The Morgan fingerprint density at radius 3 is 2.23 bits per heavy atom. The van der Waals surface area contributed by atoms with Crippen molar-refractivity contribution >= 4 is 7.75 Å². The molecule has 0 saturated heterocycles. The maximum absolute atomic E-state index is 11.8. The van der Waals surface area contributed by atoms with Gasteiger partial charge in [0.15, 0.2) is 0 Å². The molecule has 0 amide bonds. The fourth-order valence-corrected chi connectivity index (χ4v) is 2.26. The summed E-state index contributed by atoms with van der Waals surface area (Å²) in [6.07, 6.45) is 0.819. The Morgan fingerprint density at radius 1 is 1.38 bits per heavy atom. The molecular formula is C8H20NO3P. The highest BCUT2D eigenvalue weighted by Crippen LogP contribution is 2.44. The molecule has 0 aliphatic rings. The fraction of sp³-hybridized carbons (Fsp3) is 1.00. The minimum absolute atomic E-state index is 0.278. The summed E-state index contributed by atoms with van der Waals surface area (Å²) >= 11 is 0. The van der Waals surface area contributed by atoms with E-state index in [2.05, 4.69) is 5.09 Å². The summed E-state index contributed by atoms with van der Waals surface area (Å²) in [6, 6.07) is 0. The maximum Gasteiger partial charge on any atom is 0.405 e. The van der Waals surface area contributed by atoms with Gasteiger partial charge in [-0.2, -0.15) is 0 Å². The molecule has 4 nitrogen and oxygen atoms in total. The molecule has 80 valence electrons. The Labute approximate surface area is 80.6 Å². The highest BCUT2D eigenvalue weighted by Gasteiger charge is 2.28. The SMILES string of the molecule is CCCOP(=O)(NC(C)(C)C)OC. The van der Waals surface area contributed by atoms with E-state index in [4.69, 9.17) is 9.05 Å². The van der Waals surface area contributed by atoms with Gasteiger partial charge in [-0.3, -0.25) is 4.52 Å². The molecule has 0 aromatic heterocycles. The van der Waals surface area contributed by atoms with Crippen LogP contribution in [0, 0.1) is 0 Å². The topological polar surface area (TPSA) is 47.6 Å². The predicted molar refractivity (Wildman–Crippen MR) is 53.7 cm³/mol. The number of nitrogens with one attached hydrogen (secondary N) is 1. The first-order valence-corrected chi connectivity index (χ1v) is 5.97. The Bertz CT molecular complexity index is 188. The first kappa shape index (κ1) is 13.1. The van der Waals surface area contributed by atoms with Crippen LogP contribution in [0.25, 0.3) is 0 Å². The normalized spacial score (nSPS) is 17.0. The zero-order valence-electron chi connectivity index (χ0n) is 9.09. The van der Waals surface area contributed by atoms with Crippen LogP contribution in [-0.4, -0.2) is 19.3 Å². The van der Waals surface area contributed by atoms with Crippen molar-refractivity contribution in [3.8, 4) is 0 Å². The Balaban J connectivity index is 4.20. The standard InChI is InChI=1S/C8H20NO3P/c1-6-7-12-13(10,11-5)9-8(2,3)4/h6-7H2,1-5H3,(H,9,10). The summed E-state index contributed by atoms with van der Waals surface area (Å²) in [7, 11) is -1.70. The Hall–Kier alpha value is 0.110. The lowest BCUT2D eigenvalue weighted by molar-refractivity contribution is 0.214. The molecule has 0 spiro atoms. The minimum atomic E-state index is -3.09. The van der Waals surface area contributed by atoms with Crippen molar-refractivity contribution in [1.29, 1.82) is 0 Å². The summed E-state index contributed by atoms with van der Waals surface area (Å²) in [5.74, 6) is 0. The van der Waals surface area contributed by atoms with Crippen LogP contribution in [-0.2, 0) is 13.6 Å². The van der Waals surface area contributed by atoms with E-state index in [9.17, 15) is 4.57 Å². The van der Waals surface area contributed by atoms with Crippen LogP contribution < -0.4 is 5.09 Å². The van der Waals surface area contributed by atoms with Crippen LogP contribution in [0.2, 0.25) is 0 Å². The third-order valence-electron chi connectivity index (χ3n) is 1.18. The first-order valence-electron chi connectivity index (χ1n) is 4.43. The van der Waals surface area contributed by atoms with Crippen molar-refractivity contribution in [1.82, 2.24) is 5.09 Å². The van der Waals surface area contributed by atoms with E-state index in [0.717, 1.165) is 6.42 Å². The second kappa shape index (κ2) is 5.11. The summed E-state index contributed by atoms with van der Waals surface area (Å²) in [5, 5.41) is 2.83. The van der Waals surface area contributed by atoms with Crippen molar-refractivity contribution < 1.29 is 13.6 Å². The zero-order valence-corrected chi connectivity index (χ0v) is 9.98. The van der Waals surface area contributed by atoms with Crippen molar-refractivity contribution in [3.63, 3.8) is 0 Å². The van der Waals surface area contributed by atoms with Gasteiger partial charge in [-0.25, -0.2) is 9.65 Å². The van der Waals surface area contributed by atoms with Crippen LogP contribution in [0.5, 0.6) is 0 Å². The highest BCUT2D eigenvalue weighted by atomic mass is 31.2. The van der Waals surface area contributed by atoms with Crippen molar-refractivity contribution in [3.05, 3.63) is 0 Å². The minimum Gasteiger partial charge on any atom is -0.300 e. The molecule has 1 unspecified atom stereocenters. The third-order valence-corrected chi connectivity index (χ3v) is 3.13. The number of hydrogen-bond acceptors (Lipinski definition) is 3. The van der Waals surface area contributed by atoms with E-state index >= 15 is 0 Å². The molecular weight excluding hydrogens is 189 g/mol. The monoisotopic (exact) mass is 209 g/mol. The van der Waals surface area contributed by atoms with Crippen LogP contribution >= 0.6 is 7.75 Å². The second-order valence-corrected chi connectivity index (χ2v) is 5.72. The Kier molecular flexibility index (Phi) is 5.15. The molecule has 0 fully saturated rings. The van der Waals surface area contributed by atoms with Crippen LogP contribution in [0.4, 0.5) is 0 Å². The van der Waals surface area contributed by atoms with Gasteiger partial charge in [0.05, 0.1) is 6.61 Å². The van der Waals surface area contributed by atoms with Gasteiger partial charge in [0.1, 0.15) is 0 Å². The number of rotatable bonds is 5. The van der Waals surface area contributed by atoms with Gasteiger partial charge < -0.3 is 4.52 Å². The van der Waals surface area contributed by atoms with E-state index in [1.54, 1.807) is 0 Å². The highest BCUT2D eigenvalue weighted by molar-refractivity contribution is 7.51. The van der Waals surface area contributed by atoms with Crippen LogP contribution in [0.15, 0.2) is 0 Å². The molecule has 0 aliphatic heterocycles. The summed E-state index contributed by atoms with van der Waals surface area (Å²) < 4.78 is 21.8.